The van der Waals surface area contributed by atoms with Gasteiger partial charge in [-0.05, 0) is 44.7 Å². The summed E-state index contributed by atoms with van der Waals surface area (Å²) in [4.78, 5) is 18.7. The lowest BCUT2D eigenvalue weighted by Crippen LogP contribution is -2.13. The molecule has 0 aliphatic heterocycles. The molecule has 2 heterocycles. The topological polar surface area (TPSA) is 59.8 Å². The number of para-hydroxylation sites is 1. The van der Waals surface area contributed by atoms with Gasteiger partial charge in [0.05, 0.1) is 17.1 Å². The van der Waals surface area contributed by atoms with E-state index in [1.807, 2.05) is 30.3 Å². The van der Waals surface area contributed by atoms with Crippen molar-refractivity contribution in [3.63, 3.8) is 0 Å². The largest absolute Gasteiger partial charge is 0.298 e. The number of carbonyl (C=O) groups is 1. The standard InChI is InChI=1S/C19H19ClN4OS/c1-12-16(17(20)24(23-12)13-8-4-2-5-9-13)18(25)22-19-21-14-10-6-3-7-11-15(14)26-19/h2,4-5,8-9H,3,6-7,10-11H2,1H3,(H,21,22,25). The predicted molar refractivity (Wildman–Crippen MR) is 105 cm³/mol. The van der Waals surface area contributed by atoms with Gasteiger partial charge in [0, 0.05) is 4.88 Å². The first-order valence-corrected chi connectivity index (χ1v) is 9.93. The summed E-state index contributed by atoms with van der Waals surface area (Å²) in [5.41, 5.74) is 2.93. The van der Waals surface area contributed by atoms with E-state index in [9.17, 15) is 4.79 Å². The molecule has 1 N–H and O–H groups in total. The van der Waals surface area contributed by atoms with E-state index in [4.69, 9.17) is 11.6 Å². The Morgan fingerprint density at radius 2 is 1.96 bits per heavy atom. The third-order valence-corrected chi connectivity index (χ3v) is 5.97. The van der Waals surface area contributed by atoms with Gasteiger partial charge >= 0.3 is 0 Å². The van der Waals surface area contributed by atoms with E-state index in [0.717, 1.165) is 24.2 Å². The number of carbonyl (C=O) groups excluding carboxylic acids is 1. The monoisotopic (exact) mass is 386 g/mol. The van der Waals surface area contributed by atoms with Crippen molar-refractivity contribution >= 4 is 34.0 Å². The minimum Gasteiger partial charge on any atom is -0.298 e. The van der Waals surface area contributed by atoms with Crippen LogP contribution in [0.3, 0.4) is 0 Å². The van der Waals surface area contributed by atoms with Crippen LogP contribution in [0.5, 0.6) is 0 Å². The SMILES string of the molecule is Cc1nn(-c2ccccc2)c(Cl)c1C(=O)Nc1nc2c(s1)CCCCC2. The fourth-order valence-electron chi connectivity index (χ4n) is 3.24. The molecule has 26 heavy (non-hydrogen) atoms. The van der Waals surface area contributed by atoms with Crippen molar-refractivity contribution in [3.05, 3.63) is 57.3 Å². The van der Waals surface area contributed by atoms with Gasteiger partial charge in [0.2, 0.25) is 0 Å². The van der Waals surface area contributed by atoms with Gasteiger partial charge in [-0.1, -0.05) is 36.2 Å². The molecular weight excluding hydrogens is 368 g/mol. The lowest BCUT2D eigenvalue weighted by molar-refractivity contribution is 0.102. The molecule has 0 saturated carbocycles. The van der Waals surface area contributed by atoms with Gasteiger partial charge in [0.25, 0.3) is 5.91 Å². The Hall–Kier alpha value is -2.18. The van der Waals surface area contributed by atoms with Crippen LogP contribution in [0.15, 0.2) is 30.3 Å². The summed E-state index contributed by atoms with van der Waals surface area (Å²) in [6, 6.07) is 9.54. The van der Waals surface area contributed by atoms with Crippen LogP contribution in [0.4, 0.5) is 5.13 Å². The smallest absolute Gasteiger partial charge is 0.262 e. The zero-order valence-electron chi connectivity index (χ0n) is 14.5. The molecule has 134 valence electrons. The van der Waals surface area contributed by atoms with Crippen LogP contribution in [0, 0.1) is 6.92 Å². The highest BCUT2D eigenvalue weighted by molar-refractivity contribution is 7.15. The molecule has 1 amide bonds. The molecule has 0 atom stereocenters. The highest BCUT2D eigenvalue weighted by atomic mass is 35.5. The molecule has 5 nitrogen and oxygen atoms in total. The minimum atomic E-state index is -0.265. The molecule has 1 aliphatic rings. The third-order valence-electron chi connectivity index (χ3n) is 4.55. The van der Waals surface area contributed by atoms with Gasteiger partial charge in [-0.15, -0.1) is 11.3 Å². The van der Waals surface area contributed by atoms with Crippen LogP contribution in [0.1, 0.15) is 45.9 Å². The first kappa shape index (κ1) is 17.2. The van der Waals surface area contributed by atoms with Crippen LogP contribution >= 0.6 is 22.9 Å². The Kier molecular flexibility index (Phi) is 4.78. The number of nitrogens with zero attached hydrogens (tertiary/aromatic N) is 3. The maximum Gasteiger partial charge on any atom is 0.262 e. The highest BCUT2D eigenvalue weighted by Gasteiger charge is 2.23. The van der Waals surface area contributed by atoms with Gasteiger partial charge in [-0.25, -0.2) is 9.67 Å². The van der Waals surface area contributed by atoms with E-state index in [2.05, 4.69) is 15.4 Å². The first-order chi connectivity index (χ1) is 12.6. The molecule has 4 rings (SSSR count). The zero-order chi connectivity index (χ0) is 18.1. The Balaban J connectivity index is 1.60. The number of thiazole rings is 1. The molecule has 1 aromatic carbocycles. The van der Waals surface area contributed by atoms with Crippen molar-refractivity contribution in [1.82, 2.24) is 14.8 Å². The minimum absolute atomic E-state index is 0.265. The zero-order valence-corrected chi connectivity index (χ0v) is 16.0. The lowest BCUT2D eigenvalue weighted by Gasteiger charge is -2.03. The summed E-state index contributed by atoms with van der Waals surface area (Å²) >= 11 is 8.04. The second kappa shape index (κ2) is 7.21. The van der Waals surface area contributed by atoms with E-state index < -0.39 is 0 Å². The molecule has 0 unspecified atom stereocenters. The highest BCUT2D eigenvalue weighted by Crippen LogP contribution is 2.30. The fraction of sp³-hybridized carbons (Fsp3) is 0.316. The van der Waals surface area contributed by atoms with Gasteiger partial charge in [-0.2, -0.15) is 5.10 Å². The first-order valence-electron chi connectivity index (χ1n) is 8.74. The van der Waals surface area contributed by atoms with Crippen molar-refractivity contribution in [2.24, 2.45) is 0 Å². The van der Waals surface area contributed by atoms with E-state index in [0.29, 0.717) is 21.5 Å². The summed E-state index contributed by atoms with van der Waals surface area (Å²) in [5, 5.41) is 8.29. The van der Waals surface area contributed by atoms with Crippen LogP contribution < -0.4 is 5.32 Å². The Bertz CT molecular complexity index is 925. The van der Waals surface area contributed by atoms with Crippen molar-refractivity contribution in [1.29, 1.82) is 0 Å². The molecule has 7 heteroatoms. The molecule has 0 fully saturated rings. The molecule has 3 aromatic rings. The maximum absolute atomic E-state index is 12.8. The summed E-state index contributed by atoms with van der Waals surface area (Å²) in [6.07, 6.45) is 5.65. The molecule has 1 aliphatic carbocycles. The number of nitrogens with one attached hydrogen (secondary N) is 1. The number of hydrogen-bond donors (Lipinski definition) is 1. The molecule has 0 bridgehead atoms. The van der Waals surface area contributed by atoms with Crippen LogP contribution in [0.2, 0.25) is 5.15 Å². The number of benzene rings is 1. The number of aryl methyl sites for hydroxylation is 3. The average Bonchev–Trinajstić information content (AvgIpc) is 3.07. The quantitative estimate of drug-likeness (QED) is 0.657. The van der Waals surface area contributed by atoms with Crippen LogP contribution in [-0.2, 0) is 12.8 Å². The normalized spacial score (nSPS) is 13.9. The molecule has 0 saturated heterocycles. The number of hydrogen-bond acceptors (Lipinski definition) is 4. The number of fused-ring (bicyclic) bond motifs is 1. The third kappa shape index (κ3) is 3.27. The lowest BCUT2D eigenvalue weighted by atomic mass is 10.2. The van der Waals surface area contributed by atoms with Crippen molar-refractivity contribution in [2.45, 2.75) is 39.0 Å². The molecule has 0 radical (unpaired) electrons. The second-order valence-corrected chi connectivity index (χ2v) is 7.84. The van der Waals surface area contributed by atoms with Crippen LogP contribution in [0.25, 0.3) is 5.69 Å². The Labute approximate surface area is 161 Å². The van der Waals surface area contributed by atoms with Gasteiger partial charge in [0.15, 0.2) is 5.13 Å². The second-order valence-electron chi connectivity index (χ2n) is 6.40. The van der Waals surface area contributed by atoms with Crippen molar-refractivity contribution < 1.29 is 4.79 Å². The number of halogens is 1. The molecular formula is C19H19ClN4OS. The van der Waals surface area contributed by atoms with Crippen LogP contribution in [-0.4, -0.2) is 20.7 Å². The molecule has 2 aromatic heterocycles. The summed E-state index contributed by atoms with van der Waals surface area (Å²) in [6.45, 7) is 1.79. The summed E-state index contributed by atoms with van der Waals surface area (Å²) in [5.74, 6) is -0.265. The predicted octanol–water partition coefficient (Wildman–Crippen LogP) is 4.81. The number of amides is 1. The number of anilines is 1. The Morgan fingerprint density at radius 1 is 1.19 bits per heavy atom. The van der Waals surface area contributed by atoms with E-state index >= 15 is 0 Å². The van der Waals surface area contributed by atoms with E-state index in [1.54, 1.807) is 22.9 Å². The van der Waals surface area contributed by atoms with E-state index in [1.165, 1.54) is 24.1 Å². The number of aromatic nitrogens is 3. The summed E-state index contributed by atoms with van der Waals surface area (Å²) < 4.78 is 1.59. The van der Waals surface area contributed by atoms with E-state index in [-0.39, 0.29) is 5.91 Å². The fourth-order valence-corrected chi connectivity index (χ4v) is 4.64. The summed E-state index contributed by atoms with van der Waals surface area (Å²) in [7, 11) is 0. The van der Waals surface area contributed by atoms with Crippen molar-refractivity contribution in [3.8, 4) is 5.69 Å². The molecule has 0 spiro atoms. The maximum atomic E-state index is 12.8. The van der Waals surface area contributed by atoms with Crippen molar-refractivity contribution in [2.75, 3.05) is 5.32 Å². The number of rotatable bonds is 3. The Morgan fingerprint density at radius 3 is 2.77 bits per heavy atom. The van der Waals surface area contributed by atoms with Gasteiger partial charge in [0.1, 0.15) is 10.7 Å². The average molecular weight is 387 g/mol. The van der Waals surface area contributed by atoms with Gasteiger partial charge < -0.3 is 0 Å². The van der Waals surface area contributed by atoms with Gasteiger partial charge in [-0.3, -0.25) is 10.1 Å².